The van der Waals surface area contributed by atoms with E-state index in [2.05, 4.69) is 6.58 Å². The lowest BCUT2D eigenvalue weighted by atomic mass is 9.99. The summed E-state index contributed by atoms with van der Waals surface area (Å²) in [6, 6.07) is 5.97. The average Bonchev–Trinajstić information content (AvgIpc) is 3.16. The van der Waals surface area contributed by atoms with Crippen LogP contribution in [0.2, 0.25) is 0 Å². The second kappa shape index (κ2) is 17.2. The Hall–Kier alpha value is -4.76. The number of allylic oxidation sites excluding steroid dienone is 1. The van der Waals surface area contributed by atoms with Gasteiger partial charge in [0.25, 0.3) is 0 Å². The van der Waals surface area contributed by atoms with Crippen molar-refractivity contribution < 1.29 is 83.6 Å². The number of benzene rings is 2. The molecule has 0 aliphatic carbocycles. The van der Waals surface area contributed by atoms with Gasteiger partial charge in [0.15, 0.2) is 29.5 Å². The summed E-state index contributed by atoms with van der Waals surface area (Å²) < 4.78 is 39.4. The summed E-state index contributed by atoms with van der Waals surface area (Å²) in [5, 5.41) is 93.8. The number of phenolic OH excluding ortho intramolecular Hbond substituents is 2. The van der Waals surface area contributed by atoms with Crippen molar-refractivity contribution in [2.45, 2.75) is 101 Å². The quantitative estimate of drug-likeness (QED) is 0.0647. The molecule has 2 aliphatic heterocycles. The van der Waals surface area contributed by atoms with Gasteiger partial charge < -0.3 is 78.8 Å². The minimum atomic E-state index is -1.93. The lowest BCUT2D eigenvalue weighted by Gasteiger charge is -2.40. The number of phenols is 2. The molecule has 3 aromatic rings. The van der Waals surface area contributed by atoms with E-state index >= 15 is 0 Å². The number of hydrogen-bond donors (Lipinski definition) is 9. The molecule has 1 aromatic heterocycles. The van der Waals surface area contributed by atoms with Crippen LogP contribution in [0.4, 0.5) is 0 Å². The van der Waals surface area contributed by atoms with Crippen molar-refractivity contribution in [1.29, 1.82) is 0 Å². The molecular formula is C38H46O18. The van der Waals surface area contributed by atoms with Gasteiger partial charge in [0.2, 0.25) is 23.8 Å². The van der Waals surface area contributed by atoms with Gasteiger partial charge in [0.1, 0.15) is 53.0 Å². The van der Waals surface area contributed by atoms with Crippen LogP contribution in [0.15, 0.2) is 63.8 Å². The molecule has 306 valence electrons. The summed E-state index contributed by atoms with van der Waals surface area (Å²) in [6.07, 6.45) is -12.7. The van der Waals surface area contributed by atoms with Gasteiger partial charge in [0.05, 0.1) is 25.4 Å². The summed E-state index contributed by atoms with van der Waals surface area (Å²) in [4.78, 5) is 27.0. The van der Waals surface area contributed by atoms with Crippen molar-refractivity contribution in [3.63, 3.8) is 0 Å². The van der Waals surface area contributed by atoms with Gasteiger partial charge in [-0.05, 0) is 51.8 Å². The Kier molecular flexibility index (Phi) is 13.0. The SMILES string of the molecule is C=C[C@](C)(O)CC/C=C(\C)C(=O)O[C@@H]1[C@@H](O)[C@H](C)O[C@@H](Oc2cc(O)c3c(=O)c(O[C@@H]4O[C@H](CO)[C@@H](O)[C@H](O)[C@H]4O)c(-c4ccc(O)c(OC)c4)oc3c2)[C@@H]1O. The molecule has 18 nitrogen and oxygen atoms in total. The van der Waals surface area contributed by atoms with Crippen LogP contribution in [-0.2, 0) is 19.0 Å². The Morgan fingerprint density at radius 3 is 2.30 bits per heavy atom. The van der Waals surface area contributed by atoms with Gasteiger partial charge in [0, 0.05) is 23.3 Å². The maximum absolute atomic E-state index is 14.1. The minimum absolute atomic E-state index is 0.0505. The molecule has 0 bridgehead atoms. The van der Waals surface area contributed by atoms with Gasteiger partial charge in [-0.15, -0.1) is 6.58 Å². The van der Waals surface area contributed by atoms with Crippen LogP contribution in [-0.4, -0.2) is 133 Å². The molecule has 9 N–H and O–H groups in total. The number of esters is 1. The van der Waals surface area contributed by atoms with Crippen molar-refractivity contribution in [2.75, 3.05) is 13.7 Å². The van der Waals surface area contributed by atoms with Gasteiger partial charge in [-0.1, -0.05) is 12.2 Å². The predicted molar refractivity (Wildman–Crippen MR) is 193 cm³/mol. The Morgan fingerprint density at radius 1 is 0.946 bits per heavy atom. The lowest BCUT2D eigenvalue weighted by Crippen LogP contribution is -2.60. The van der Waals surface area contributed by atoms with E-state index in [-0.39, 0.29) is 46.1 Å². The molecule has 2 aromatic carbocycles. The molecule has 2 fully saturated rings. The predicted octanol–water partition coefficient (Wildman–Crippen LogP) is 0.479. The topological polar surface area (TPSA) is 285 Å². The number of carbonyl (C=O) groups excluding carboxylic acids is 1. The summed E-state index contributed by atoms with van der Waals surface area (Å²) in [6.45, 7) is 7.25. The Labute approximate surface area is 319 Å². The van der Waals surface area contributed by atoms with Crippen LogP contribution in [0, 0.1) is 0 Å². The maximum Gasteiger partial charge on any atom is 0.333 e. The Bertz CT molecular complexity index is 1990. The molecule has 0 spiro atoms. The number of aliphatic hydroxyl groups excluding tert-OH is 6. The third-order valence-corrected chi connectivity index (χ3v) is 9.57. The number of aromatic hydroxyl groups is 2. The largest absolute Gasteiger partial charge is 0.507 e. The smallest absolute Gasteiger partial charge is 0.333 e. The Balaban J connectivity index is 1.48. The first kappa shape index (κ1) is 42.4. The van der Waals surface area contributed by atoms with Crippen LogP contribution < -0.4 is 19.6 Å². The molecular weight excluding hydrogens is 744 g/mol. The zero-order valence-electron chi connectivity index (χ0n) is 30.8. The third kappa shape index (κ3) is 8.78. The fourth-order valence-corrected chi connectivity index (χ4v) is 6.07. The monoisotopic (exact) mass is 790 g/mol. The fraction of sp³-hybridized carbons (Fsp3) is 0.474. The third-order valence-electron chi connectivity index (χ3n) is 9.57. The molecule has 56 heavy (non-hydrogen) atoms. The highest BCUT2D eigenvalue weighted by molar-refractivity contribution is 5.89. The van der Waals surface area contributed by atoms with Crippen LogP contribution in [0.1, 0.15) is 33.6 Å². The van der Waals surface area contributed by atoms with Crippen LogP contribution in [0.5, 0.6) is 28.7 Å². The summed E-state index contributed by atoms with van der Waals surface area (Å²) >= 11 is 0. The number of aliphatic hydroxyl groups is 7. The second-order valence-corrected chi connectivity index (χ2v) is 13.8. The van der Waals surface area contributed by atoms with E-state index in [1.54, 1.807) is 6.92 Å². The molecule has 3 heterocycles. The number of carbonyl (C=O) groups is 1. The van der Waals surface area contributed by atoms with Crippen LogP contribution in [0.25, 0.3) is 22.3 Å². The minimum Gasteiger partial charge on any atom is -0.507 e. The van der Waals surface area contributed by atoms with Crippen molar-refractivity contribution in [2.24, 2.45) is 0 Å². The first-order valence-corrected chi connectivity index (χ1v) is 17.5. The summed E-state index contributed by atoms with van der Waals surface area (Å²) in [7, 11) is 1.27. The molecule has 5 rings (SSSR count). The highest BCUT2D eigenvalue weighted by Crippen LogP contribution is 2.40. The van der Waals surface area contributed by atoms with E-state index in [9.17, 15) is 55.5 Å². The average molecular weight is 791 g/mol. The highest BCUT2D eigenvalue weighted by atomic mass is 16.7. The van der Waals surface area contributed by atoms with Crippen molar-refractivity contribution in [1.82, 2.24) is 0 Å². The standard InChI is InChI=1S/C38H46O18/c1-6-38(4,49)11-7-8-16(2)35(48)55-33-26(42)17(3)51-37(31(33)47)52-19-13-21(41)25-23(14-19)53-32(18-9-10-20(40)22(12-18)50-5)34(28(25)44)56-36-30(46)29(45)27(43)24(15-39)54-36/h6,8-10,12-14,17,24,26-27,29-31,33,36-37,39-43,45-47,49H,1,7,11,15H2,2-5H3/b16-8+/t17-,24+,26-,27+,29-,30+,31+,33+,36-,37-,38-/m0/s1. The van der Waals surface area contributed by atoms with E-state index in [1.165, 1.54) is 51.3 Å². The number of ether oxygens (including phenoxy) is 6. The van der Waals surface area contributed by atoms with Crippen LogP contribution in [0.3, 0.4) is 0 Å². The maximum atomic E-state index is 14.1. The number of methoxy groups -OCH3 is 1. The first-order chi connectivity index (χ1) is 26.4. The van der Waals surface area contributed by atoms with Crippen molar-refractivity contribution in [3.8, 4) is 40.1 Å². The molecule has 2 aliphatic rings. The van der Waals surface area contributed by atoms with E-state index < -0.39 is 102 Å². The van der Waals surface area contributed by atoms with Crippen molar-refractivity contribution in [3.05, 3.63) is 64.9 Å². The normalized spacial score (nSPS) is 29.3. The molecule has 11 atom stereocenters. The number of rotatable bonds is 13. The van der Waals surface area contributed by atoms with Gasteiger partial charge in [-0.2, -0.15) is 0 Å². The Morgan fingerprint density at radius 2 is 1.64 bits per heavy atom. The van der Waals surface area contributed by atoms with Gasteiger partial charge in [-0.3, -0.25) is 4.79 Å². The van der Waals surface area contributed by atoms with Gasteiger partial charge >= 0.3 is 5.97 Å². The molecule has 18 heteroatoms. The van der Waals surface area contributed by atoms with E-state index in [0.717, 1.165) is 12.1 Å². The zero-order chi connectivity index (χ0) is 41.2. The lowest BCUT2D eigenvalue weighted by molar-refractivity contribution is -0.277. The summed E-state index contributed by atoms with van der Waals surface area (Å²) in [5.41, 5.74) is -2.28. The molecule has 0 radical (unpaired) electrons. The fourth-order valence-electron chi connectivity index (χ4n) is 6.07. The van der Waals surface area contributed by atoms with E-state index in [4.69, 9.17) is 32.8 Å². The number of fused-ring (bicyclic) bond motifs is 1. The van der Waals surface area contributed by atoms with E-state index in [0.29, 0.717) is 6.42 Å². The summed E-state index contributed by atoms with van der Waals surface area (Å²) in [5.74, 6) is -3.15. The van der Waals surface area contributed by atoms with Crippen molar-refractivity contribution >= 4 is 16.9 Å². The first-order valence-electron chi connectivity index (χ1n) is 17.5. The zero-order valence-corrected chi connectivity index (χ0v) is 30.8. The van der Waals surface area contributed by atoms with Crippen LogP contribution >= 0.6 is 0 Å². The second-order valence-electron chi connectivity index (χ2n) is 13.8. The molecule has 0 amide bonds. The molecule has 2 saturated heterocycles. The van der Waals surface area contributed by atoms with E-state index in [1.807, 2.05) is 0 Å². The number of hydrogen-bond acceptors (Lipinski definition) is 18. The highest BCUT2D eigenvalue weighted by Gasteiger charge is 2.47. The van der Waals surface area contributed by atoms with Gasteiger partial charge in [-0.25, -0.2) is 4.79 Å². The molecule has 0 unspecified atom stereocenters. The molecule has 0 saturated carbocycles.